The highest BCUT2D eigenvalue weighted by molar-refractivity contribution is 9.10. The molecule has 2 rings (SSSR count). The van der Waals surface area contributed by atoms with Gasteiger partial charge in [0.05, 0.1) is 15.5 Å². The van der Waals surface area contributed by atoms with Crippen molar-refractivity contribution < 1.29 is 18.4 Å². The van der Waals surface area contributed by atoms with Crippen LogP contribution in [0.1, 0.15) is 6.42 Å². The van der Waals surface area contributed by atoms with Crippen molar-refractivity contribution in [2.45, 2.75) is 12.5 Å². The largest absolute Gasteiger partial charge is 0.376 e. The molecule has 1 heterocycles. The summed E-state index contributed by atoms with van der Waals surface area (Å²) in [5.74, 6) is -1.98. The molecule has 1 aliphatic heterocycles. The summed E-state index contributed by atoms with van der Waals surface area (Å²) in [5, 5.41) is 13.3. The van der Waals surface area contributed by atoms with Crippen molar-refractivity contribution in [3.05, 3.63) is 32.3 Å². The van der Waals surface area contributed by atoms with E-state index in [1.165, 1.54) is 0 Å². The van der Waals surface area contributed by atoms with E-state index < -0.39 is 27.9 Å². The van der Waals surface area contributed by atoms with E-state index in [4.69, 9.17) is 4.74 Å². The first kappa shape index (κ1) is 13.2. The highest BCUT2D eigenvalue weighted by atomic mass is 79.9. The molecule has 98 valence electrons. The Morgan fingerprint density at radius 2 is 2.28 bits per heavy atom. The number of hydrogen-bond acceptors (Lipinski definition) is 4. The van der Waals surface area contributed by atoms with Crippen LogP contribution in [0.25, 0.3) is 0 Å². The van der Waals surface area contributed by atoms with Gasteiger partial charge in [-0.15, -0.1) is 0 Å². The molecule has 5 nitrogen and oxygen atoms in total. The Hall–Kier alpha value is -1.28. The minimum absolute atomic E-state index is 0.119. The average molecular weight is 323 g/mol. The van der Waals surface area contributed by atoms with Gasteiger partial charge in [-0.25, -0.2) is 4.39 Å². The van der Waals surface area contributed by atoms with Gasteiger partial charge in [-0.2, -0.15) is 4.39 Å². The van der Waals surface area contributed by atoms with Gasteiger partial charge in [-0.05, 0) is 28.4 Å². The van der Waals surface area contributed by atoms with Crippen molar-refractivity contribution in [3.8, 4) is 0 Å². The third-order valence-corrected chi connectivity index (χ3v) is 3.21. The first-order valence-electron chi connectivity index (χ1n) is 5.18. The van der Waals surface area contributed by atoms with E-state index in [-0.39, 0.29) is 17.1 Å². The van der Waals surface area contributed by atoms with Crippen LogP contribution in [0.15, 0.2) is 10.5 Å². The van der Waals surface area contributed by atoms with Gasteiger partial charge in [0.15, 0.2) is 11.5 Å². The minimum atomic E-state index is -1.09. The summed E-state index contributed by atoms with van der Waals surface area (Å²) in [7, 11) is 0. The van der Waals surface area contributed by atoms with Gasteiger partial charge >= 0.3 is 5.69 Å². The van der Waals surface area contributed by atoms with Crippen LogP contribution in [0.3, 0.4) is 0 Å². The van der Waals surface area contributed by atoms with Crippen molar-refractivity contribution in [2.24, 2.45) is 0 Å². The highest BCUT2D eigenvalue weighted by Gasteiger charge is 2.28. The molecule has 0 amide bonds. The summed E-state index contributed by atoms with van der Waals surface area (Å²) in [6, 6.07) is 0.735. The van der Waals surface area contributed by atoms with E-state index in [2.05, 4.69) is 21.2 Å². The molecular weight excluding hydrogens is 314 g/mol. The number of nitro benzene ring substituents is 1. The molecule has 0 spiro atoms. The zero-order valence-electron chi connectivity index (χ0n) is 9.08. The van der Waals surface area contributed by atoms with Crippen LogP contribution >= 0.6 is 15.9 Å². The lowest BCUT2D eigenvalue weighted by Crippen LogP contribution is -2.33. The summed E-state index contributed by atoms with van der Waals surface area (Å²) in [5.41, 5.74) is -1.35. The Kier molecular flexibility index (Phi) is 3.76. The summed E-state index contributed by atoms with van der Waals surface area (Å²) in [6.45, 7) is 0.817. The molecule has 1 atom stereocenters. The second kappa shape index (κ2) is 5.15. The van der Waals surface area contributed by atoms with Gasteiger partial charge in [0.25, 0.3) is 0 Å². The quantitative estimate of drug-likeness (QED) is 0.526. The van der Waals surface area contributed by atoms with Gasteiger partial charge < -0.3 is 10.1 Å². The lowest BCUT2D eigenvalue weighted by Gasteiger charge is -2.26. The molecule has 1 aliphatic rings. The van der Waals surface area contributed by atoms with Gasteiger partial charge in [0.1, 0.15) is 0 Å². The van der Waals surface area contributed by atoms with Crippen molar-refractivity contribution in [1.29, 1.82) is 0 Å². The third kappa shape index (κ3) is 2.44. The number of halogens is 3. The predicted octanol–water partition coefficient (Wildman–Crippen LogP) is 2.84. The number of ether oxygens (including phenoxy) is 1. The fourth-order valence-electron chi connectivity index (χ4n) is 1.59. The molecule has 1 aromatic rings. The van der Waals surface area contributed by atoms with Crippen LogP contribution in [0, 0.1) is 21.7 Å². The van der Waals surface area contributed by atoms with Crippen molar-refractivity contribution in [1.82, 2.24) is 0 Å². The monoisotopic (exact) mass is 322 g/mol. The zero-order valence-corrected chi connectivity index (χ0v) is 10.7. The second-order valence-corrected chi connectivity index (χ2v) is 4.65. The van der Waals surface area contributed by atoms with Crippen molar-refractivity contribution >= 4 is 27.3 Å². The molecule has 1 saturated heterocycles. The second-order valence-electron chi connectivity index (χ2n) is 3.80. The van der Waals surface area contributed by atoms with Crippen LogP contribution in [0.2, 0.25) is 0 Å². The van der Waals surface area contributed by atoms with Crippen LogP contribution < -0.4 is 5.32 Å². The molecule has 18 heavy (non-hydrogen) atoms. The third-order valence-electron chi connectivity index (χ3n) is 2.63. The summed E-state index contributed by atoms with van der Waals surface area (Å²) in [4.78, 5) is 9.80. The van der Waals surface area contributed by atoms with Crippen molar-refractivity contribution in [3.63, 3.8) is 0 Å². The van der Waals surface area contributed by atoms with E-state index >= 15 is 0 Å². The first-order valence-corrected chi connectivity index (χ1v) is 5.97. The SMILES string of the molecule is O=[N+]([O-])c1c(F)cc(Br)c(F)c1NC[C@H]1CCO1. The molecule has 1 N–H and O–H groups in total. The Morgan fingerprint density at radius 3 is 2.78 bits per heavy atom. The maximum absolute atomic E-state index is 13.8. The minimum Gasteiger partial charge on any atom is -0.376 e. The number of benzene rings is 1. The van der Waals surface area contributed by atoms with Crippen molar-refractivity contribution in [2.75, 3.05) is 18.5 Å². The molecule has 8 heteroatoms. The zero-order chi connectivity index (χ0) is 13.3. The lowest BCUT2D eigenvalue weighted by molar-refractivity contribution is -0.386. The maximum Gasteiger partial charge on any atom is 0.330 e. The molecule has 0 saturated carbocycles. The summed E-state index contributed by atoms with van der Waals surface area (Å²) >= 11 is 2.81. The molecule has 0 unspecified atom stereocenters. The Bertz CT molecular complexity index is 495. The maximum atomic E-state index is 13.8. The van der Waals surface area contributed by atoms with E-state index in [1.54, 1.807) is 0 Å². The number of nitro groups is 1. The van der Waals surface area contributed by atoms with Crippen LogP contribution in [0.5, 0.6) is 0 Å². The Labute approximate surface area is 109 Å². The van der Waals surface area contributed by atoms with Gasteiger partial charge in [-0.3, -0.25) is 10.1 Å². The molecular formula is C10H9BrF2N2O3. The molecule has 0 aliphatic carbocycles. The molecule has 1 fully saturated rings. The number of nitrogens with zero attached hydrogens (tertiary/aromatic N) is 1. The highest BCUT2D eigenvalue weighted by Crippen LogP contribution is 2.35. The van der Waals surface area contributed by atoms with Crippen LogP contribution in [0.4, 0.5) is 20.2 Å². The molecule has 0 aromatic heterocycles. The van der Waals surface area contributed by atoms with Crippen LogP contribution in [-0.4, -0.2) is 24.2 Å². The van der Waals surface area contributed by atoms with Gasteiger partial charge in [-0.1, -0.05) is 0 Å². The normalized spacial score (nSPS) is 18.3. The molecule has 0 radical (unpaired) electrons. The van der Waals surface area contributed by atoms with E-state index in [0.29, 0.717) is 6.61 Å². The number of anilines is 1. The van der Waals surface area contributed by atoms with Crippen LogP contribution in [-0.2, 0) is 4.74 Å². The standard InChI is InChI=1S/C10H9BrF2N2O3/c11-6-3-7(12)10(15(16)17)9(8(6)13)14-4-5-1-2-18-5/h3,5,14H,1-2,4H2/t5-/m1/s1. The van der Waals surface area contributed by atoms with Gasteiger partial charge in [0, 0.05) is 13.2 Å². The number of rotatable bonds is 4. The first-order chi connectivity index (χ1) is 8.50. The molecule has 0 bridgehead atoms. The van der Waals surface area contributed by atoms with E-state index in [0.717, 1.165) is 12.5 Å². The Balaban J connectivity index is 2.31. The number of hydrogen-bond donors (Lipinski definition) is 1. The smallest absolute Gasteiger partial charge is 0.330 e. The predicted molar refractivity (Wildman–Crippen MR) is 63.6 cm³/mol. The fraction of sp³-hybridized carbons (Fsp3) is 0.400. The number of nitrogens with one attached hydrogen (secondary N) is 1. The topological polar surface area (TPSA) is 64.4 Å². The lowest BCUT2D eigenvalue weighted by atomic mass is 10.2. The fourth-order valence-corrected chi connectivity index (χ4v) is 1.99. The average Bonchev–Trinajstić information content (AvgIpc) is 2.22. The summed E-state index contributed by atoms with van der Waals surface area (Å²) in [6.07, 6.45) is 0.671. The Morgan fingerprint density at radius 1 is 1.61 bits per heavy atom. The van der Waals surface area contributed by atoms with E-state index in [9.17, 15) is 18.9 Å². The van der Waals surface area contributed by atoms with Gasteiger partial charge in [0.2, 0.25) is 5.82 Å². The van der Waals surface area contributed by atoms with E-state index in [1.807, 2.05) is 0 Å². The summed E-state index contributed by atoms with van der Waals surface area (Å²) < 4.78 is 32.1. The molecule has 1 aromatic carbocycles.